The molecule has 4 nitrogen and oxygen atoms in total. The van der Waals surface area contributed by atoms with E-state index in [4.69, 9.17) is 4.74 Å². The number of nitrogens with zero attached hydrogens (tertiary/aromatic N) is 1. The minimum Gasteiger partial charge on any atom is -0.484 e. The summed E-state index contributed by atoms with van der Waals surface area (Å²) in [5.41, 5.74) is 6.90. The van der Waals surface area contributed by atoms with Crippen LogP contribution in [0, 0.1) is 13.8 Å². The van der Waals surface area contributed by atoms with Gasteiger partial charge in [-0.3, -0.25) is 4.79 Å². The van der Waals surface area contributed by atoms with Crippen molar-refractivity contribution in [3.05, 3.63) is 64.7 Å². The Balaban J connectivity index is 1.82. The number of nitrogens with one attached hydrogen (secondary N) is 1. The van der Waals surface area contributed by atoms with Crippen LogP contribution in [0.15, 0.2) is 47.6 Å². The second kappa shape index (κ2) is 8.29. The first-order valence-corrected chi connectivity index (χ1v) is 8.07. The highest BCUT2D eigenvalue weighted by Crippen LogP contribution is 2.16. The fourth-order valence-corrected chi connectivity index (χ4v) is 2.34. The molecule has 126 valence electrons. The molecule has 0 atom stereocenters. The maximum Gasteiger partial charge on any atom is 0.277 e. The Morgan fingerprint density at radius 2 is 1.75 bits per heavy atom. The van der Waals surface area contributed by atoms with Crippen LogP contribution < -0.4 is 10.2 Å². The van der Waals surface area contributed by atoms with Crippen molar-refractivity contribution in [2.45, 2.75) is 33.6 Å². The average molecular weight is 324 g/mol. The van der Waals surface area contributed by atoms with E-state index in [1.54, 1.807) is 6.21 Å². The van der Waals surface area contributed by atoms with Gasteiger partial charge in [0.1, 0.15) is 5.75 Å². The lowest BCUT2D eigenvalue weighted by Crippen LogP contribution is -2.24. The molecule has 2 aromatic rings. The molecule has 0 fully saturated rings. The van der Waals surface area contributed by atoms with Crippen LogP contribution in [0.4, 0.5) is 0 Å². The zero-order valence-corrected chi connectivity index (χ0v) is 14.7. The number of amides is 1. The van der Waals surface area contributed by atoms with E-state index < -0.39 is 0 Å². The topological polar surface area (TPSA) is 50.7 Å². The SMILES string of the molecule is Cc1cc(C)cc(OCC(=O)NN=Cc2ccc(C(C)C)cc2)c1. The number of carbonyl (C=O) groups excluding carboxylic acids is 1. The van der Waals surface area contributed by atoms with Gasteiger partial charge in [-0.1, -0.05) is 44.2 Å². The molecule has 0 aliphatic rings. The van der Waals surface area contributed by atoms with Gasteiger partial charge >= 0.3 is 0 Å². The van der Waals surface area contributed by atoms with E-state index in [1.165, 1.54) is 5.56 Å². The number of hydrazone groups is 1. The number of benzene rings is 2. The molecule has 0 spiro atoms. The molecule has 0 bridgehead atoms. The van der Waals surface area contributed by atoms with Crippen molar-refractivity contribution in [1.82, 2.24) is 5.43 Å². The zero-order valence-electron chi connectivity index (χ0n) is 14.7. The molecule has 2 aromatic carbocycles. The highest BCUT2D eigenvalue weighted by atomic mass is 16.5. The van der Waals surface area contributed by atoms with Gasteiger partial charge in [-0.2, -0.15) is 5.10 Å². The van der Waals surface area contributed by atoms with E-state index in [-0.39, 0.29) is 12.5 Å². The van der Waals surface area contributed by atoms with Gasteiger partial charge in [0, 0.05) is 0 Å². The summed E-state index contributed by atoms with van der Waals surface area (Å²) in [7, 11) is 0. The third kappa shape index (κ3) is 5.54. The van der Waals surface area contributed by atoms with Crippen LogP contribution in [0.5, 0.6) is 5.75 Å². The smallest absolute Gasteiger partial charge is 0.277 e. The molecule has 1 N–H and O–H groups in total. The number of rotatable bonds is 6. The summed E-state index contributed by atoms with van der Waals surface area (Å²) >= 11 is 0. The van der Waals surface area contributed by atoms with Gasteiger partial charge < -0.3 is 4.74 Å². The summed E-state index contributed by atoms with van der Waals surface area (Å²) in [6.07, 6.45) is 1.62. The van der Waals surface area contributed by atoms with Gasteiger partial charge in [-0.15, -0.1) is 0 Å². The van der Waals surface area contributed by atoms with E-state index in [1.807, 2.05) is 38.1 Å². The van der Waals surface area contributed by atoms with Crippen molar-refractivity contribution >= 4 is 12.1 Å². The Kier molecular flexibility index (Phi) is 6.13. The van der Waals surface area contributed by atoms with Gasteiger partial charge in [0.05, 0.1) is 6.21 Å². The Morgan fingerprint density at radius 1 is 1.12 bits per heavy atom. The average Bonchev–Trinajstić information content (AvgIpc) is 2.52. The Labute approximate surface area is 143 Å². The van der Waals surface area contributed by atoms with Crippen LogP contribution in [0.3, 0.4) is 0 Å². The molecular formula is C20H24N2O2. The van der Waals surface area contributed by atoms with Crippen LogP contribution in [0.1, 0.15) is 42.0 Å². The second-order valence-corrected chi connectivity index (χ2v) is 6.23. The largest absolute Gasteiger partial charge is 0.484 e. The molecular weight excluding hydrogens is 300 g/mol. The van der Waals surface area contributed by atoms with Crippen molar-refractivity contribution in [2.24, 2.45) is 5.10 Å². The molecule has 24 heavy (non-hydrogen) atoms. The van der Waals surface area contributed by atoms with E-state index in [9.17, 15) is 4.79 Å². The normalized spacial score (nSPS) is 11.0. The first-order chi connectivity index (χ1) is 11.4. The molecule has 1 amide bonds. The van der Waals surface area contributed by atoms with Gasteiger partial charge in [-0.05, 0) is 54.2 Å². The molecule has 0 radical (unpaired) electrons. The number of hydrogen-bond acceptors (Lipinski definition) is 3. The maximum absolute atomic E-state index is 11.8. The summed E-state index contributed by atoms with van der Waals surface area (Å²) in [5.74, 6) is 0.901. The lowest BCUT2D eigenvalue weighted by molar-refractivity contribution is -0.123. The Bertz CT molecular complexity index is 699. The predicted octanol–water partition coefficient (Wildman–Crippen LogP) is 3.96. The van der Waals surface area contributed by atoms with Gasteiger partial charge in [0.15, 0.2) is 6.61 Å². The molecule has 0 aliphatic heterocycles. The number of hydrogen-bond donors (Lipinski definition) is 1. The molecule has 0 saturated heterocycles. The van der Waals surface area contributed by atoms with Crippen molar-refractivity contribution in [1.29, 1.82) is 0 Å². The minimum absolute atomic E-state index is 0.0630. The molecule has 0 saturated carbocycles. The van der Waals surface area contributed by atoms with Crippen LogP contribution >= 0.6 is 0 Å². The van der Waals surface area contributed by atoms with Gasteiger partial charge in [0.25, 0.3) is 5.91 Å². The van der Waals surface area contributed by atoms with E-state index in [0.717, 1.165) is 16.7 Å². The molecule has 0 heterocycles. The molecule has 0 aliphatic carbocycles. The lowest BCUT2D eigenvalue weighted by Gasteiger charge is -2.07. The highest BCUT2D eigenvalue weighted by molar-refractivity contribution is 5.82. The van der Waals surface area contributed by atoms with Gasteiger partial charge in [0.2, 0.25) is 0 Å². The maximum atomic E-state index is 11.8. The van der Waals surface area contributed by atoms with Crippen LogP contribution in [0.25, 0.3) is 0 Å². The summed E-state index contributed by atoms with van der Waals surface area (Å²) < 4.78 is 5.49. The highest BCUT2D eigenvalue weighted by Gasteiger charge is 2.03. The standard InChI is InChI=1S/C20H24N2O2/c1-14(2)18-7-5-17(6-8-18)12-21-22-20(23)13-24-19-10-15(3)9-16(4)11-19/h5-12,14H,13H2,1-4H3,(H,22,23). The number of ether oxygens (including phenoxy) is 1. The summed E-state index contributed by atoms with van der Waals surface area (Å²) in [4.78, 5) is 11.8. The monoisotopic (exact) mass is 324 g/mol. The second-order valence-electron chi connectivity index (χ2n) is 6.23. The van der Waals surface area contributed by atoms with E-state index >= 15 is 0 Å². The van der Waals surface area contributed by atoms with Crippen molar-refractivity contribution in [2.75, 3.05) is 6.61 Å². The molecule has 2 rings (SSSR count). The minimum atomic E-state index is -0.288. The lowest BCUT2D eigenvalue weighted by atomic mass is 10.0. The quantitative estimate of drug-likeness (QED) is 0.646. The molecule has 4 heteroatoms. The summed E-state index contributed by atoms with van der Waals surface area (Å²) in [6.45, 7) is 8.23. The van der Waals surface area contributed by atoms with Crippen LogP contribution in [-0.4, -0.2) is 18.7 Å². The fraction of sp³-hybridized carbons (Fsp3) is 0.300. The summed E-state index contributed by atoms with van der Waals surface area (Å²) in [6, 6.07) is 14.0. The van der Waals surface area contributed by atoms with Gasteiger partial charge in [-0.25, -0.2) is 5.43 Å². The number of aryl methyl sites for hydroxylation is 2. The zero-order chi connectivity index (χ0) is 17.5. The molecule has 0 unspecified atom stereocenters. The first kappa shape index (κ1) is 17.7. The molecule has 0 aromatic heterocycles. The van der Waals surface area contributed by atoms with E-state index in [0.29, 0.717) is 11.7 Å². The fourth-order valence-electron chi connectivity index (χ4n) is 2.34. The third-order valence-corrected chi connectivity index (χ3v) is 3.57. The summed E-state index contributed by atoms with van der Waals surface area (Å²) in [5, 5.41) is 3.96. The predicted molar refractivity (Wildman–Crippen MR) is 97.7 cm³/mol. The first-order valence-electron chi connectivity index (χ1n) is 8.07. The number of carbonyl (C=O) groups is 1. The van der Waals surface area contributed by atoms with E-state index in [2.05, 4.69) is 42.6 Å². The van der Waals surface area contributed by atoms with Crippen LogP contribution in [0.2, 0.25) is 0 Å². The van der Waals surface area contributed by atoms with Crippen molar-refractivity contribution < 1.29 is 9.53 Å². The Morgan fingerprint density at radius 3 is 2.33 bits per heavy atom. The van der Waals surface area contributed by atoms with Crippen molar-refractivity contribution in [3.8, 4) is 5.75 Å². The van der Waals surface area contributed by atoms with Crippen molar-refractivity contribution in [3.63, 3.8) is 0 Å². The third-order valence-electron chi connectivity index (χ3n) is 3.57. The Hall–Kier alpha value is -2.62. The van der Waals surface area contributed by atoms with Crippen LogP contribution in [-0.2, 0) is 4.79 Å².